The molecule has 3 saturated heterocycles. The zero-order valence-corrected chi connectivity index (χ0v) is 18.3. The molecule has 2 aromatic carbocycles. The lowest BCUT2D eigenvalue weighted by Crippen LogP contribution is -2.34. The number of anilines is 1. The van der Waals surface area contributed by atoms with Gasteiger partial charge in [0.05, 0.1) is 16.8 Å². The van der Waals surface area contributed by atoms with Crippen LogP contribution in [0.3, 0.4) is 0 Å². The number of benzene rings is 2. The first-order valence-electron chi connectivity index (χ1n) is 10.4. The lowest BCUT2D eigenvalue weighted by molar-refractivity contribution is 0.0714. The summed E-state index contributed by atoms with van der Waals surface area (Å²) in [5.74, 6) is 0.414. The van der Waals surface area contributed by atoms with Gasteiger partial charge < -0.3 is 15.1 Å². The maximum Gasteiger partial charge on any atom is 0.254 e. The summed E-state index contributed by atoms with van der Waals surface area (Å²) < 4.78 is 13.9. The van der Waals surface area contributed by atoms with E-state index in [9.17, 15) is 9.18 Å². The molecular weight excluding hydrogens is 424 g/mol. The van der Waals surface area contributed by atoms with Gasteiger partial charge in [0.2, 0.25) is 0 Å². The van der Waals surface area contributed by atoms with Gasteiger partial charge in [0.25, 0.3) is 5.91 Å². The Balaban J connectivity index is 0.00000218. The van der Waals surface area contributed by atoms with Gasteiger partial charge in [-0.05, 0) is 54.7 Å². The summed E-state index contributed by atoms with van der Waals surface area (Å²) in [5.41, 5.74) is 2.48. The topological polar surface area (TPSA) is 35.6 Å². The number of fused-ring (bicyclic) bond motifs is 1. The third-order valence-corrected chi connectivity index (χ3v) is 6.96. The maximum atomic E-state index is 13.9. The Hall–Kier alpha value is -1.82. The van der Waals surface area contributed by atoms with Gasteiger partial charge in [0, 0.05) is 44.2 Å². The Morgan fingerprint density at radius 1 is 1.10 bits per heavy atom. The Kier molecular flexibility index (Phi) is 6.24. The molecule has 1 amide bonds. The van der Waals surface area contributed by atoms with Gasteiger partial charge in [-0.3, -0.25) is 4.79 Å². The maximum absolute atomic E-state index is 13.9. The first-order chi connectivity index (χ1) is 14.1. The quantitative estimate of drug-likeness (QED) is 0.747. The highest BCUT2D eigenvalue weighted by Gasteiger charge is 2.47. The van der Waals surface area contributed by atoms with E-state index in [1.807, 2.05) is 23.1 Å². The number of carbonyl (C=O) groups excluding carboxylic acids is 1. The second-order valence-corrected chi connectivity index (χ2v) is 8.81. The first-order valence-corrected chi connectivity index (χ1v) is 10.8. The number of hydrogen-bond acceptors (Lipinski definition) is 3. The fourth-order valence-electron chi connectivity index (χ4n) is 5.27. The zero-order valence-electron chi connectivity index (χ0n) is 16.7. The van der Waals surface area contributed by atoms with Crippen LogP contribution in [0.4, 0.5) is 10.1 Å². The van der Waals surface area contributed by atoms with Crippen LogP contribution in [0.2, 0.25) is 5.02 Å². The molecule has 3 fully saturated rings. The van der Waals surface area contributed by atoms with Crippen LogP contribution in [0.25, 0.3) is 0 Å². The molecule has 0 aromatic heterocycles. The van der Waals surface area contributed by atoms with Gasteiger partial charge in [0.1, 0.15) is 5.82 Å². The van der Waals surface area contributed by atoms with Crippen molar-refractivity contribution >= 4 is 35.6 Å². The molecule has 5 rings (SSSR count). The molecule has 0 spiro atoms. The van der Waals surface area contributed by atoms with Gasteiger partial charge >= 0.3 is 0 Å². The number of likely N-dealkylation sites (tertiary alicyclic amines) is 1. The lowest BCUT2D eigenvalue weighted by Gasteiger charge is -2.29. The van der Waals surface area contributed by atoms with Crippen molar-refractivity contribution in [2.75, 3.05) is 37.6 Å². The SMILES string of the molecule is Cl.O=C(c1ccc(N2CCCC2)c(Cl)c1)N1C[C@@H]2CNC[C@@H]2[C@H]1c1cccc(F)c1. The molecule has 3 heterocycles. The van der Waals surface area contributed by atoms with Gasteiger partial charge in [-0.1, -0.05) is 23.7 Å². The number of halogens is 3. The lowest BCUT2D eigenvalue weighted by atomic mass is 9.89. The fourth-order valence-corrected chi connectivity index (χ4v) is 5.57. The Morgan fingerprint density at radius 3 is 2.63 bits per heavy atom. The van der Waals surface area contributed by atoms with Crippen LogP contribution >= 0.6 is 24.0 Å². The number of nitrogens with one attached hydrogen (secondary N) is 1. The number of carbonyl (C=O) groups is 1. The van der Waals surface area contributed by atoms with Gasteiger partial charge in [0.15, 0.2) is 0 Å². The number of hydrogen-bond donors (Lipinski definition) is 1. The summed E-state index contributed by atoms with van der Waals surface area (Å²) in [7, 11) is 0. The average molecular weight is 450 g/mol. The van der Waals surface area contributed by atoms with Crippen molar-refractivity contribution in [3.05, 3.63) is 64.4 Å². The van der Waals surface area contributed by atoms with E-state index in [0.717, 1.165) is 37.4 Å². The van der Waals surface area contributed by atoms with Crippen molar-refractivity contribution in [1.29, 1.82) is 0 Å². The van der Waals surface area contributed by atoms with Gasteiger partial charge in [-0.15, -0.1) is 12.4 Å². The number of rotatable bonds is 3. The molecule has 30 heavy (non-hydrogen) atoms. The minimum atomic E-state index is -0.262. The molecule has 0 saturated carbocycles. The zero-order chi connectivity index (χ0) is 20.0. The molecule has 1 N–H and O–H groups in total. The normalized spacial score (nSPS) is 25.3. The van der Waals surface area contributed by atoms with Crippen molar-refractivity contribution in [3.8, 4) is 0 Å². The average Bonchev–Trinajstić information content (AvgIpc) is 3.44. The summed E-state index contributed by atoms with van der Waals surface area (Å²) in [6, 6.07) is 12.2. The third-order valence-electron chi connectivity index (χ3n) is 6.66. The highest BCUT2D eigenvalue weighted by molar-refractivity contribution is 6.33. The molecular formula is C23H26Cl2FN3O. The van der Waals surface area contributed by atoms with E-state index >= 15 is 0 Å². The molecule has 0 unspecified atom stereocenters. The van der Waals surface area contributed by atoms with E-state index in [-0.39, 0.29) is 30.2 Å². The minimum Gasteiger partial charge on any atom is -0.370 e. The largest absolute Gasteiger partial charge is 0.370 e. The van der Waals surface area contributed by atoms with Crippen LogP contribution in [0.5, 0.6) is 0 Å². The Labute approximate surface area is 187 Å². The molecule has 0 bridgehead atoms. The van der Waals surface area contributed by atoms with E-state index in [1.165, 1.54) is 18.9 Å². The molecule has 7 heteroatoms. The molecule has 2 aromatic rings. The second kappa shape index (κ2) is 8.74. The van der Waals surface area contributed by atoms with Gasteiger partial charge in [-0.25, -0.2) is 4.39 Å². The molecule has 3 aliphatic rings. The molecule has 0 radical (unpaired) electrons. The van der Waals surface area contributed by atoms with Crippen LogP contribution in [0.1, 0.15) is 34.8 Å². The van der Waals surface area contributed by atoms with Crippen LogP contribution in [-0.4, -0.2) is 43.5 Å². The second-order valence-electron chi connectivity index (χ2n) is 8.40. The van der Waals surface area contributed by atoms with Crippen molar-refractivity contribution in [3.63, 3.8) is 0 Å². The smallest absolute Gasteiger partial charge is 0.254 e. The third kappa shape index (κ3) is 3.79. The molecule has 4 nitrogen and oxygen atoms in total. The predicted molar refractivity (Wildman–Crippen MR) is 120 cm³/mol. The summed E-state index contributed by atoms with van der Waals surface area (Å²) >= 11 is 6.56. The van der Waals surface area contributed by atoms with E-state index in [1.54, 1.807) is 18.2 Å². The number of nitrogens with zero attached hydrogens (tertiary/aromatic N) is 2. The minimum absolute atomic E-state index is 0. The van der Waals surface area contributed by atoms with Crippen molar-refractivity contribution < 1.29 is 9.18 Å². The Morgan fingerprint density at radius 2 is 1.90 bits per heavy atom. The fraction of sp³-hybridized carbons (Fsp3) is 0.435. The molecule has 3 atom stereocenters. The van der Waals surface area contributed by atoms with E-state index < -0.39 is 0 Å². The van der Waals surface area contributed by atoms with Crippen molar-refractivity contribution in [1.82, 2.24) is 10.2 Å². The van der Waals surface area contributed by atoms with Crippen molar-refractivity contribution in [2.24, 2.45) is 11.8 Å². The van der Waals surface area contributed by atoms with E-state index in [4.69, 9.17) is 11.6 Å². The van der Waals surface area contributed by atoms with Crippen molar-refractivity contribution in [2.45, 2.75) is 18.9 Å². The summed E-state index contributed by atoms with van der Waals surface area (Å²) in [4.78, 5) is 17.7. The van der Waals surface area contributed by atoms with Crippen LogP contribution < -0.4 is 10.2 Å². The molecule has 160 valence electrons. The summed E-state index contributed by atoms with van der Waals surface area (Å²) in [6.07, 6.45) is 2.35. The predicted octanol–water partition coefficient (Wildman–Crippen LogP) is 4.53. The van der Waals surface area contributed by atoms with Gasteiger partial charge in [-0.2, -0.15) is 0 Å². The molecule has 0 aliphatic carbocycles. The highest BCUT2D eigenvalue weighted by Crippen LogP contribution is 2.43. The summed E-state index contributed by atoms with van der Waals surface area (Å²) in [5, 5.41) is 4.05. The van der Waals surface area contributed by atoms with Crippen LogP contribution in [0.15, 0.2) is 42.5 Å². The van der Waals surface area contributed by atoms with Crippen LogP contribution in [0, 0.1) is 17.7 Å². The first kappa shape index (κ1) is 21.4. The van der Waals surface area contributed by atoms with E-state index in [0.29, 0.717) is 29.0 Å². The molecule has 3 aliphatic heterocycles. The van der Waals surface area contributed by atoms with Crippen LogP contribution in [-0.2, 0) is 0 Å². The monoisotopic (exact) mass is 449 g/mol. The summed E-state index contributed by atoms with van der Waals surface area (Å²) in [6.45, 7) is 4.46. The Bertz CT molecular complexity index is 934. The number of amides is 1. The standard InChI is InChI=1S/C23H25ClFN3O.ClH/c24-20-11-16(6-7-21(20)27-8-1-2-9-27)23(29)28-14-17-12-26-13-19(17)22(28)15-4-3-5-18(25)10-15;/h3-7,10-11,17,19,22,26H,1-2,8-9,12-14H2;1H/t17-,19-,22+;/m0./s1. The van der Waals surface area contributed by atoms with E-state index in [2.05, 4.69) is 10.2 Å². The highest BCUT2D eigenvalue weighted by atomic mass is 35.5.